The molecule has 2 aromatic rings. The summed E-state index contributed by atoms with van der Waals surface area (Å²) in [6.45, 7) is 0. The van der Waals surface area contributed by atoms with Crippen LogP contribution in [0.25, 0.3) is 10.9 Å². The third kappa shape index (κ3) is 0.931. The largest absolute Gasteiger partial charge is 0.313 e. The van der Waals surface area contributed by atoms with Gasteiger partial charge in [-0.1, -0.05) is 18.2 Å². The predicted octanol–water partition coefficient (Wildman–Crippen LogP) is 2.24. The van der Waals surface area contributed by atoms with Gasteiger partial charge in [-0.2, -0.15) is 0 Å². The Hall–Kier alpha value is -1.90. The first-order valence-corrected chi connectivity index (χ1v) is 5.81. The van der Waals surface area contributed by atoms with Gasteiger partial charge in [-0.3, -0.25) is 9.78 Å². The zero-order chi connectivity index (χ0) is 12.5. The fourth-order valence-electron chi connectivity index (χ4n) is 2.95. The van der Waals surface area contributed by atoms with Crippen LogP contribution in [0.5, 0.6) is 0 Å². The number of carbonyl (C=O) groups excluding carboxylic acids is 1. The van der Waals surface area contributed by atoms with Crippen LogP contribution in [0.4, 0.5) is 5.69 Å². The lowest BCUT2D eigenvalue weighted by atomic mass is 9.94. The summed E-state index contributed by atoms with van der Waals surface area (Å²) >= 11 is 0. The molecule has 3 nitrogen and oxygen atoms in total. The van der Waals surface area contributed by atoms with E-state index in [0.717, 1.165) is 35.0 Å². The highest BCUT2D eigenvalue weighted by Gasteiger charge is 2.59. The fraction of sp³-hybridized carbons (Fsp3) is 0.286. The van der Waals surface area contributed by atoms with Crippen molar-refractivity contribution >= 4 is 22.5 Å². The zero-order valence-electron chi connectivity index (χ0n) is 10.5. The molecule has 1 aromatic carbocycles. The molecule has 17 heavy (non-hydrogen) atoms. The van der Waals surface area contributed by atoms with E-state index in [4.69, 9.17) is 1.37 Å². The second-order valence-electron chi connectivity index (χ2n) is 4.91. The first-order chi connectivity index (χ1) is 8.63. The van der Waals surface area contributed by atoms with Gasteiger partial charge in [-0.05, 0) is 18.9 Å². The second kappa shape index (κ2) is 2.67. The number of rotatable bonds is 0. The van der Waals surface area contributed by atoms with Gasteiger partial charge < -0.3 is 4.90 Å². The molecule has 4 rings (SSSR count). The van der Waals surface area contributed by atoms with Crippen molar-refractivity contribution in [2.75, 3.05) is 11.9 Å². The highest BCUT2D eigenvalue weighted by molar-refractivity contribution is 6.13. The minimum absolute atomic E-state index is 0.183. The predicted molar refractivity (Wildman–Crippen MR) is 66.1 cm³/mol. The van der Waals surface area contributed by atoms with E-state index in [1.165, 1.54) is 0 Å². The Morgan fingerprint density at radius 3 is 3.06 bits per heavy atom. The molecular weight excluding hydrogens is 212 g/mol. The molecule has 1 fully saturated rings. The lowest BCUT2D eigenvalue weighted by Gasteiger charge is -2.09. The van der Waals surface area contributed by atoms with E-state index in [1.54, 1.807) is 17.2 Å². The number of likely N-dealkylation sites (N-methyl/N-ethyl adjacent to an activating group) is 1. The molecule has 0 bridgehead atoms. The molecule has 3 heteroatoms. The molecule has 1 aromatic heterocycles. The van der Waals surface area contributed by atoms with Crippen LogP contribution in [0, 0.1) is 0 Å². The summed E-state index contributed by atoms with van der Waals surface area (Å²) in [5.74, 6) is 0.183. The van der Waals surface area contributed by atoms with Crippen LogP contribution in [-0.4, -0.2) is 17.9 Å². The number of aromatic nitrogens is 1. The normalized spacial score (nSPS) is 20.9. The van der Waals surface area contributed by atoms with Crippen molar-refractivity contribution in [2.24, 2.45) is 0 Å². The standard InChI is InChI=1S/C14H12N2O/c1-16-11-8-15-10-5-3-2-4-9(10)12(11)14(6-7-14)13(16)17/h2-5,8H,6-7H2,1H3/i2D. The van der Waals surface area contributed by atoms with Gasteiger partial charge >= 0.3 is 0 Å². The van der Waals surface area contributed by atoms with Crippen molar-refractivity contribution in [3.05, 3.63) is 36.0 Å². The highest BCUT2D eigenvalue weighted by atomic mass is 16.2. The van der Waals surface area contributed by atoms with Gasteiger partial charge in [-0.15, -0.1) is 0 Å². The van der Waals surface area contributed by atoms with Crippen LogP contribution in [-0.2, 0) is 10.2 Å². The molecule has 1 spiro atoms. The van der Waals surface area contributed by atoms with E-state index < -0.39 is 0 Å². The van der Waals surface area contributed by atoms with E-state index in [1.807, 2.05) is 19.2 Å². The molecule has 0 N–H and O–H groups in total. The average molecular weight is 225 g/mol. The number of pyridine rings is 1. The molecule has 1 aliphatic carbocycles. The molecule has 0 atom stereocenters. The van der Waals surface area contributed by atoms with Crippen molar-refractivity contribution in [1.82, 2.24) is 4.98 Å². The number of carbonyl (C=O) groups is 1. The third-order valence-electron chi connectivity index (χ3n) is 4.00. The molecular formula is C14H12N2O. The van der Waals surface area contributed by atoms with Crippen LogP contribution < -0.4 is 4.90 Å². The number of para-hydroxylation sites is 1. The van der Waals surface area contributed by atoms with Gasteiger partial charge in [0.2, 0.25) is 5.91 Å². The number of anilines is 1. The minimum atomic E-state index is -0.306. The van der Waals surface area contributed by atoms with Gasteiger partial charge in [0.1, 0.15) is 0 Å². The topological polar surface area (TPSA) is 33.2 Å². The SMILES string of the molecule is [2H]c1ccc2ncc3c(c2c1)C1(CC1)C(=O)N3C. The molecule has 0 unspecified atom stereocenters. The summed E-state index contributed by atoms with van der Waals surface area (Å²) in [4.78, 5) is 18.4. The summed E-state index contributed by atoms with van der Waals surface area (Å²) in [5.41, 5.74) is 2.57. The Morgan fingerprint density at radius 1 is 1.47 bits per heavy atom. The van der Waals surface area contributed by atoms with Crippen molar-refractivity contribution in [2.45, 2.75) is 18.3 Å². The smallest absolute Gasteiger partial charge is 0.237 e. The Kier molecular flexibility index (Phi) is 1.29. The first kappa shape index (κ1) is 8.23. The maximum Gasteiger partial charge on any atom is 0.237 e. The summed E-state index contributed by atoms with van der Waals surface area (Å²) in [7, 11) is 1.81. The van der Waals surface area contributed by atoms with E-state index in [2.05, 4.69) is 4.98 Å². The third-order valence-corrected chi connectivity index (χ3v) is 4.00. The maximum absolute atomic E-state index is 12.3. The Morgan fingerprint density at radius 2 is 2.29 bits per heavy atom. The number of hydrogen-bond acceptors (Lipinski definition) is 2. The zero-order valence-corrected chi connectivity index (χ0v) is 9.53. The number of nitrogens with zero attached hydrogens (tertiary/aromatic N) is 2. The van der Waals surface area contributed by atoms with Crippen LogP contribution >= 0.6 is 0 Å². The minimum Gasteiger partial charge on any atom is -0.313 e. The van der Waals surface area contributed by atoms with Crippen LogP contribution in [0.1, 0.15) is 19.8 Å². The van der Waals surface area contributed by atoms with Gasteiger partial charge in [0.05, 0.1) is 24.2 Å². The van der Waals surface area contributed by atoms with Crippen molar-refractivity contribution < 1.29 is 6.17 Å². The van der Waals surface area contributed by atoms with Gasteiger partial charge in [-0.25, -0.2) is 0 Å². The monoisotopic (exact) mass is 225 g/mol. The fourth-order valence-corrected chi connectivity index (χ4v) is 2.95. The maximum atomic E-state index is 12.3. The quantitative estimate of drug-likeness (QED) is 0.689. The molecule has 1 amide bonds. The molecule has 2 heterocycles. The summed E-state index contributed by atoms with van der Waals surface area (Å²) < 4.78 is 7.76. The average Bonchev–Trinajstić information content (AvgIpc) is 3.13. The van der Waals surface area contributed by atoms with Crippen LogP contribution in [0.2, 0.25) is 0 Å². The van der Waals surface area contributed by atoms with E-state index in [0.29, 0.717) is 6.04 Å². The summed E-state index contributed by atoms with van der Waals surface area (Å²) in [5, 5.41) is 0.968. The molecule has 84 valence electrons. The van der Waals surface area contributed by atoms with Crippen molar-refractivity contribution in [1.29, 1.82) is 0 Å². The van der Waals surface area contributed by atoms with Gasteiger partial charge in [0.15, 0.2) is 0 Å². The number of hydrogen-bond donors (Lipinski definition) is 0. The molecule has 0 saturated heterocycles. The second-order valence-corrected chi connectivity index (χ2v) is 4.91. The number of amides is 1. The number of fused-ring (bicyclic) bond motifs is 4. The van der Waals surface area contributed by atoms with Crippen molar-refractivity contribution in [3.63, 3.8) is 0 Å². The summed E-state index contributed by atoms with van der Waals surface area (Å²) in [6.07, 6.45) is 3.63. The van der Waals surface area contributed by atoms with Crippen LogP contribution in [0.3, 0.4) is 0 Å². The van der Waals surface area contributed by atoms with Gasteiger partial charge in [0.25, 0.3) is 0 Å². The van der Waals surface area contributed by atoms with Gasteiger partial charge in [0, 0.05) is 18.0 Å². The highest BCUT2D eigenvalue weighted by Crippen LogP contribution is 2.58. The molecule has 2 aliphatic rings. The van der Waals surface area contributed by atoms with E-state index in [-0.39, 0.29) is 11.3 Å². The summed E-state index contributed by atoms with van der Waals surface area (Å²) in [6, 6.07) is 5.89. The molecule has 1 aliphatic heterocycles. The Bertz CT molecular complexity index is 706. The lowest BCUT2D eigenvalue weighted by Crippen LogP contribution is -2.28. The molecule has 1 saturated carbocycles. The van der Waals surface area contributed by atoms with Crippen LogP contribution in [0.15, 0.2) is 30.4 Å². The Labute approximate surface area is 100 Å². The van der Waals surface area contributed by atoms with Crippen molar-refractivity contribution in [3.8, 4) is 0 Å². The van der Waals surface area contributed by atoms with E-state index in [9.17, 15) is 4.79 Å². The number of benzene rings is 1. The Balaban J connectivity index is 2.15. The molecule has 0 radical (unpaired) electrons. The lowest BCUT2D eigenvalue weighted by molar-refractivity contribution is -0.119. The first-order valence-electron chi connectivity index (χ1n) is 6.31. The van der Waals surface area contributed by atoms with E-state index >= 15 is 0 Å².